The normalized spacial score (nSPS) is 11.0. The first-order valence-electron chi connectivity index (χ1n) is 10.8. The Balaban J connectivity index is 1.44. The average Bonchev–Trinajstić information content (AvgIpc) is 3.53. The number of aromatic amines is 2. The first-order chi connectivity index (χ1) is 17.0. The molecule has 0 spiro atoms. The number of carbonyl (C=O) groups is 1. The minimum atomic E-state index is -0.678. The molecule has 9 nitrogen and oxygen atoms in total. The van der Waals surface area contributed by atoms with E-state index in [2.05, 4.69) is 30.2 Å². The second-order valence-electron chi connectivity index (χ2n) is 7.79. The number of rotatable bonds is 7. The van der Waals surface area contributed by atoms with Crippen molar-refractivity contribution in [2.45, 2.75) is 6.42 Å². The molecule has 176 valence electrons. The van der Waals surface area contributed by atoms with Gasteiger partial charge in [0.25, 0.3) is 5.91 Å². The van der Waals surface area contributed by atoms with Crippen LogP contribution in [-0.2, 0) is 6.42 Å². The van der Waals surface area contributed by atoms with Crippen LogP contribution in [0.3, 0.4) is 0 Å². The summed E-state index contributed by atoms with van der Waals surface area (Å²) in [6.45, 7) is 0.311. The number of phenolic OH excluding ortho intramolecular Hbond substituents is 1. The van der Waals surface area contributed by atoms with Gasteiger partial charge in [0.2, 0.25) is 5.88 Å². The molecule has 2 aromatic carbocycles. The fourth-order valence-electron chi connectivity index (χ4n) is 3.83. The molecule has 0 saturated carbocycles. The molecule has 0 saturated heterocycles. The number of halogens is 1. The summed E-state index contributed by atoms with van der Waals surface area (Å²) in [5, 5.41) is 13.2. The van der Waals surface area contributed by atoms with Gasteiger partial charge in [0.1, 0.15) is 17.4 Å². The Morgan fingerprint density at radius 2 is 2.06 bits per heavy atom. The van der Waals surface area contributed by atoms with E-state index in [0.29, 0.717) is 41.3 Å². The molecule has 1 amide bonds. The molecule has 0 aliphatic rings. The number of pyridine rings is 1. The van der Waals surface area contributed by atoms with Crippen molar-refractivity contribution in [2.75, 3.05) is 13.7 Å². The second kappa shape index (κ2) is 9.26. The van der Waals surface area contributed by atoms with E-state index in [9.17, 15) is 14.3 Å². The zero-order valence-electron chi connectivity index (χ0n) is 18.7. The Bertz CT molecular complexity index is 1510. The lowest BCUT2D eigenvalue weighted by atomic mass is 10.0. The smallest absolute Gasteiger partial charge is 0.254 e. The van der Waals surface area contributed by atoms with Crippen LogP contribution in [0.2, 0.25) is 0 Å². The van der Waals surface area contributed by atoms with Crippen LogP contribution in [0.5, 0.6) is 11.6 Å². The highest BCUT2D eigenvalue weighted by Gasteiger charge is 2.18. The van der Waals surface area contributed by atoms with Crippen LogP contribution in [0.1, 0.15) is 16.1 Å². The van der Waals surface area contributed by atoms with Crippen molar-refractivity contribution in [1.82, 2.24) is 30.2 Å². The van der Waals surface area contributed by atoms with Gasteiger partial charge >= 0.3 is 0 Å². The van der Waals surface area contributed by atoms with Gasteiger partial charge in [0.05, 0.1) is 41.3 Å². The summed E-state index contributed by atoms with van der Waals surface area (Å²) in [4.78, 5) is 31.2. The lowest BCUT2D eigenvalue weighted by molar-refractivity contribution is 0.0950. The maximum Gasteiger partial charge on any atom is 0.254 e. The summed E-state index contributed by atoms with van der Waals surface area (Å²) in [5.41, 5.74) is 3.38. The molecule has 0 fully saturated rings. The summed E-state index contributed by atoms with van der Waals surface area (Å²) in [6, 6.07) is 11.3. The van der Waals surface area contributed by atoms with Crippen molar-refractivity contribution in [2.24, 2.45) is 0 Å². The number of imidazole rings is 2. The zero-order chi connectivity index (χ0) is 24.4. The van der Waals surface area contributed by atoms with Gasteiger partial charge in [0.15, 0.2) is 0 Å². The number of benzene rings is 2. The lowest BCUT2D eigenvalue weighted by Crippen LogP contribution is -2.26. The average molecular weight is 472 g/mol. The number of H-pyrrole nitrogens is 2. The van der Waals surface area contributed by atoms with Crippen LogP contribution in [0, 0.1) is 5.82 Å². The maximum atomic E-state index is 14.7. The third kappa shape index (κ3) is 4.41. The first kappa shape index (κ1) is 22.1. The molecule has 3 heterocycles. The Morgan fingerprint density at radius 1 is 1.17 bits per heavy atom. The number of amides is 1. The summed E-state index contributed by atoms with van der Waals surface area (Å²) >= 11 is 0. The number of methoxy groups -OCH3 is 1. The lowest BCUT2D eigenvalue weighted by Gasteiger charge is -2.09. The number of hydrogen-bond donors (Lipinski definition) is 4. The predicted octanol–water partition coefficient (Wildman–Crippen LogP) is 3.84. The van der Waals surface area contributed by atoms with E-state index in [1.807, 2.05) is 6.07 Å². The third-order valence-electron chi connectivity index (χ3n) is 5.56. The van der Waals surface area contributed by atoms with Gasteiger partial charge in [0, 0.05) is 37.0 Å². The van der Waals surface area contributed by atoms with Crippen molar-refractivity contribution < 1.29 is 19.0 Å². The molecule has 5 rings (SSSR count). The Kier molecular flexibility index (Phi) is 5.84. The van der Waals surface area contributed by atoms with Gasteiger partial charge in [-0.15, -0.1) is 0 Å². The predicted molar refractivity (Wildman–Crippen MR) is 128 cm³/mol. The number of carbonyl (C=O) groups excluding carboxylic acids is 1. The number of nitrogens with one attached hydrogen (secondary N) is 3. The number of fused-ring (bicyclic) bond motifs is 1. The Morgan fingerprint density at radius 3 is 2.86 bits per heavy atom. The zero-order valence-corrected chi connectivity index (χ0v) is 18.7. The SMILES string of the molecule is COc1ncccc1-c1ccc(O)c(-c2nc3cc(C(=O)NCCc4c[nH]cn4)c(F)cc3[nH]2)c1. The van der Waals surface area contributed by atoms with Crippen molar-refractivity contribution in [3.05, 3.63) is 78.3 Å². The van der Waals surface area contributed by atoms with Crippen molar-refractivity contribution in [3.63, 3.8) is 0 Å². The number of phenols is 1. The largest absolute Gasteiger partial charge is 0.507 e. The first-order valence-corrected chi connectivity index (χ1v) is 10.8. The molecule has 0 atom stereocenters. The van der Waals surface area contributed by atoms with Crippen LogP contribution >= 0.6 is 0 Å². The maximum absolute atomic E-state index is 14.7. The molecule has 5 aromatic rings. The second-order valence-corrected chi connectivity index (χ2v) is 7.79. The van der Waals surface area contributed by atoms with E-state index >= 15 is 0 Å². The quantitative estimate of drug-likeness (QED) is 0.285. The highest BCUT2D eigenvalue weighted by Crippen LogP contribution is 2.35. The van der Waals surface area contributed by atoms with E-state index < -0.39 is 11.7 Å². The molecule has 10 heteroatoms. The fraction of sp³-hybridized carbons (Fsp3) is 0.120. The van der Waals surface area contributed by atoms with E-state index in [-0.39, 0.29) is 11.3 Å². The summed E-state index contributed by atoms with van der Waals surface area (Å²) in [6.07, 6.45) is 5.44. The molecular formula is C25H21FN6O3. The molecular weight excluding hydrogens is 451 g/mol. The highest BCUT2D eigenvalue weighted by atomic mass is 19.1. The summed E-state index contributed by atoms with van der Waals surface area (Å²) in [7, 11) is 1.53. The number of nitrogens with zero attached hydrogens (tertiary/aromatic N) is 3. The van der Waals surface area contributed by atoms with Gasteiger partial charge in [-0.1, -0.05) is 6.07 Å². The van der Waals surface area contributed by atoms with Gasteiger partial charge in [-0.3, -0.25) is 4.79 Å². The Labute approximate surface area is 199 Å². The monoisotopic (exact) mass is 472 g/mol. The van der Waals surface area contributed by atoms with Gasteiger partial charge in [-0.2, -0.15) is 0 Å². The standard InChI is InChI=1S/C25H21FN6O3/c1-35-25-16(3-2-7-29-25)14-4-5-22(33)18(9-14)23-31-20-10-17(19(26)11-21(20)32-23)24(34)28-8-6-15-12-27-13-30-15/h2-5,7,9-13,33H,6,8H2,1H3,(H,27,30)(H,28,34)(H,31,32). The molecule has 0 bridgehead atoms. The van der Waals surface area contributed by atoms with Crippen LogP contribution in [0.25, 0.3) is 33.5 Å². The topological polar surface area (TPSA) is 129 Å². The van der Waals surface area contributed by atoms with Crippen molar-refractivity contribution in [3.8, 4) is 34.1 Å². The number of aromatic hydroxyl groups is 1. The van der Waals surface area contributed by atoms with Crippen molar-refractivity contribution in [1.29, 1.82) is 0 Å². The van der Waals surface area contributed by atoms with Crippen LogP contribution < -0.4 is 10.1 Å². The number of hydrogen-bond acceptors (Lipinski definition) is 6. The molecule has 0 radical (unpaired) electrons. The minimum Gasteiger partial charge on any atom is -0.507 e. The Hall–Kier alpha value is -4.73. The summed E-state index contributed by atoms with van der Waals surface area (Å²) in [5.74, 6) is -0.454. The van der Waals surface area contributed by atoms with E-state index in [4.69, 9.17) is 4.74 Å². The van der Waals surface area contributed by atoms with Gasteiger partial charge in [-0.25, -0.2) is 19.3 Å². The van der Waals surface area contributed by atoms with E-state index in [1.54, 1.807) is 43.0 Å². The minimum absolute atomic E-state index is 0.00697. The molecule has 35 heavy (non-hydrogen) atoms. The third-order valence-corrected chi connectivity index (χ3v) is 5.56. The van der Waals surface area contributed by atoms with E-state index in [0.717, 1.165) is 16.8 Å². The van der Waals surface area contributed by atoms with Crippen LogP contribution in [0.15, 0.2) is 61.2 Å². The molecule has 0 unspecified atom stereocenters. The van der Waals surface area contributed by atoms with Gasteiger partial charge < -0.3 is 25.1 Å². The number of ether oxygens (including phenoxy) is 1. The number of aromatic nitrogens is 5. The molecule has 3 aromatic heterocycles. The van der Waals surface area contributed by atoms with E-state index in [1.165, 1.54) is 19.2 Å². The molecule has 0 aliphatic heterocycles. The molecule has 0 aliphatic carbocycles. The highest BCUT2D eigenvalue weighted by molar-refractivity contribution is 5.98. The van der Waals surface area contributed by atoms with Crippen LogP contribution in [0.4, 0.5) is 4.39 Å². The fourth-order valence-corrected chi connectivity index (χ4v) is 3.83. The van der Waals surface area contributed by atoms with Crippen molar-refractivity contribution >= 4 is 16.9 Å². The van der Waals surface area contributed by atoms with Crippen LogP contribution in [-0.4, -0.2) is 49.6 Å². The molecule has 4 N–H and O–H groups in total. The van der Waals surface area contributed by atoms with Gasteiger partial charge in [-0.05, 0) is 35.9 Å². The summed E-state index contributed by atoms with van der Waals surface area (Å²) < 4.78 is 20.1.